The van der Waals surface area contributed by atoms with Gasteiger partial charge in [-0.3, -0.25) is 0 Å². The highest BCUT2D eigenvalue weighted by atomic mass is 16.5. The van der Waals surface area contributed by atoms with Gasteiger partial charge in [-0.2, -0.15) is 0 Å². The fourth-order valence-corrected chi connectivity index (χ4v) is 2.22. The van der Waals surface area contributed by atoms with Crippen LogP contribution in [-0.2, 0) is 6.54 Å². The molecular formula is C18H31N3O2. The number of benzene rings is 1. The molecule has 23 heavy (non-hydrogen) atoms. The van der Waals surface area contributed by atoms with E-state index >= 15 is 0 Å². The molecule has 0 bridgehead atoms. The van der Waals surface area contributed by atoms with Crippen molar-refractivity contribution in [2.75, 3.05) is 33.9 Å². The summed E-state index contributed by atoms with van der Waals surface area (Å²) in [7, 11) is 3.74. The van der Waals surface area contributed by atoms with Gasteiger partial charge in [-0.1, -0.05) is 19.4 Å². The van der Waals surface area contributed by atoms with Crippen molar-refractivity contribution in [3.05, 3.63) is 23.8 Å². The van der Waals surface area contributed by atoms with Crippen LogP contribution in [0, 0.1) is 0 Å². The van der Waals surface area contributed by atoms with E-state index in [0.29, 0.717) is 13.2 Å². The minimum atomic E-state index is 0.613. The maximum atomic E-state index is 5.55. The van der Waals surface area contributed by atoms with Crippen LogP contribution < -0.4 is 14.8 Å². The SMILES string of the molecule is CCCCN(C)C(=NCc1ccc(OCC)c(OC)c1)NCC. The number of rotatable bonds is 9. The van der Waals surface area contributed by atoms with Gasteiger partial charge in [0.25, 0.3) is 0 Å². The molecule has 0 radical (unpaired) electrons. The molecule has 0 atom stereocenters. The summed E-state index contributed by atoms with van der Waals surface area (Å²) in [5.74, 6) is 2.47. The number of nitrogens with zero attached hydrogens (tertiary/aromatic N) is 2. The van der Waals surface area contributed by atoms with E-state index in [1.807, 2.05) is 25.1 Å². The molecule has 0 saturated carbocycles. The zero-order valence-electron chi connectivity index (χ0n) is 15.2. The molecule has 0 heterocycles. The Bertz CT molecular complexity index is 489. The molecule has 5 nitrogen and oxygen atoms in total. The van der Waals surface area contributed by atoms with E-state index in [9.17, 15) is 0 Å². The first-order valence-corrected chi connectivity index (χ1v) is 8.45. The van der Waals surface area contributed by atoms with E-state index in [1.165, 1.54) is 6.42 Å². The summed E-state index contributed by atoms with van der Waals surface area (Å²) in [6.45, 7) is 9.36. The van der Waals surface area contributed by atoms with Crippen molar-refractivity contribution in [3.63, 3.8) is 0 Å². The standard InChI is InChI=1S/C18H31N3O2/c1-6-9-12-21(4)18(19-7-2)20-14-15-10-11-16(23-8-3)17(13-15)22-5/h10-11,13H,6-9,12,14H2,1-5H3,(H,19,20). The van der Waals surface area contributed by atoms with Crippen LogP contribution in [0.3, 0.4) is 0 Å². The fourth-order valence-electron chi connectivity index (χ4n) is 2.22. The minimum absolute atomic E-state index is 0.613. The monoisotopic (exact) mass is 321 g/mol. The Hall–Kier alpha value is -1.91. The lowest BCUT2D eigenvalue weighted by atomic mass is 10.2. The molecule has 0 aromatic heterocycles. The average Bonchev–Trinajstić information content (AvgIpc) is 2.57. The Kier molecular flexibility index (Phi) is 8.95. The molecule has 5 heteroatoms. The number of methoxy groups -OCH3 is 1. The van der Waals surface area contributed by atoms with Crippen molar-refractivity contribution in [2.24, 2.45) is 4.99 Å². The van der Waals surface area contributed by atoms with Crippen molar-refractivity contribution in [1.29, 1.82) is 0 Å². The first-order valence-electron chi connectivity index (χ1n) is 8.45. The zero-order valence-corrected chi connectivity index (χ0v) is 15.2. The summed E-state index contributed by atoms with van der Waals surface area (Å²) in [6, 6.07) is 5.97. The average molecular weight is 321 g/mol. The number of guanidine groups is 1. The third-order valence-electron chi connectivity index (χ3n) is 3.48. The summed E-state index contributed by atoms with van der Waals surface area (Å²) < 4.78 is 10.9. The summed E-state index contributed by atoms with van der Waals surface area (Å²) in [5, 5.41) is 3.34. The molecule has 0 saturated heterocycles. The van der Waals surface area contributed by atoms with Crippen LogP contribution >= 0.6 is 0 Å². The number of aliphatic imine (C=N–C) groups is 1. The quantitative estimate of drug-likeness (QED) is 0.560. The fraction of sp³-hybridized carbons (Fsp3) is 0.611. The summed E-state index contributed by atoms with van der Waals surface area (Å²) >= 11 is 0. The second-order valence-corrected chi connectivity index (χ2v) is 5.36. The first-order chi connectivity index (χ1) is 11.2. The van der Waals surface area contributed by atoms with Crippen molar-refractivity contribution in [1.82, 2.24) is 10.2 Å². The topological polar surface area (TPSA) is 46.1 Å². The maximum absolute atomic E-state index is 5.55. The van der Waals surface area contributed by atoms with Gasteiger partial charge in [0.05, 0.1) is 20.3 Å². The highest BCUT2D eigenvalue weighted by Gasteiger charge is 2.07. The molecule has 0 amide bonds. The van der Waals surface area contributed by atoms with Crippen LogP contribution in [0.5, 0.6) is 11.5 Å². The van der Waals surface area contributed by atoms with E-state index in [-0.39, 0.29) is 0 Å². The van der Waals surface area contributed by atoms with Gasteiger partial charge in [0.1, 0.15) is 0 Å². The number of nitrogens with one attached hydrogen (secondary N) is 1. The van der Waals surface area contributed by atoms with Crippen molar-refractivity contribution < 1.29 is 9.47 Å². The first kappa shape index (κ1) is 19.1. The Balaban J connectivity index is 2.82. The van der Waals surface area contributed by atoms with Gasteiger partial charge in [0, 0.05) is 20.1 Å². The Labute approximate surface area is 140 Å². The van der Waals surface area contributed by atoms with E-state index in [2.05, 4.69) is 31.1 Å². The van der Waals surface area contributed by atoms with Gasteiger partial charge in [-0.15, -0.1) is 0 Å². The Morgan fingerprint density at radius 1 is 1.22 bits per heavy atom. The van der Waals surface area contributed by atoms with E-state index in [0.717, 1.165) is 42.5 Å². The number of hydrogen-bond donors (Lipinski definition) is 1. The molecule has 0 aliphatic rings. The normalized spacial score (nSPS) is 11.3. The van der Waals surface area contributed by atoms with Crippen LogP contribution in [0.15, 0.2) is 23.2 Å². The molecule has 0 unspecified atom stereocenters. The smallest absolute Gasteiger partial charge is 0.193 e. The molecule has 1 aromatic rings. The van der Waals surface area contributed by atoms with Crippen LogP contribution in [0.25, 0.3) is 0 Å². The van der Waals surface area contributed by atoms with Gasteiger partial charge in [-0.05, 0) is 38.0 Å². The van der Waals surface area contributed by atoms with Crippen molar-refractivity contribution in [2.45, 2.75) is 40.2 Å². The zero-order chi connectivity index (χ0) is 17.1. The molecule has 0 aliphatic heterocycles. The van der Waals surface area contributed by atoms with Gasteiger partial charge in [-0.25, -0.2) is 4.99 Å². The summed E-state index contributed by atoms with van der Waals surface area (Å²) in [4.78, 5) is 6.90. The lowest BCUT2D eigenvalue weighted by Gasteiger charge is -2.21. The summed E-state index contributed by atoms with van der Waals surface area (Å²) in [6.07, 6.45) is 2.34. The predicted octanol–water partition coefficient (Wildman–Crippen LogP) is 3.29. The third kappa shape index (κ3) is 6.38. The highest BCUT2D eigenvalue weighted by Crippen LogP contribution is 2.28. The van der Waals surface area contributed by atoms with Crippen molar-refractivity contribution >= 4 is 5.96 Å². The van der Waals surface area contributed by atoms with E-state index in [1.54, 1.807) is 7.11 Å². The lowest BCUT2D eigenvalue weighted by molar-refractivity contribution is 0.310. The largest absolute Gasteiger partial charge is 0.493 e. The van der Waals surface area contributed by atoms with Crippen molar-refractivity contribution in [3.8, 4) is 11.5 Å². The maximum Gasteiger partial charge on any atom is 0.193 e. The number of ether oxygens (including phenoxy) is 2. The molecule has 130 valence electrons. The predicted molar refractivity (Wildman–Crippen MR) is 96.5 cm³/mol. The molecule has 0 aliphatic carbocycles. The van der Waals surface area contributed by atoms with Gasteiger partial charge in [0.15, 0.2) is 17.5 Å². The molecule has 1 N–H and O–H groups in total. The second-order valence-electron chi connectivity index (χ2n) is 5.36. The van der Waals surface area contributed by atoms with Crippen LogP contribution in [0.2, 0.25) is 0 Å². The minimum Gasteiger partial charge on any atom is -0.493 e. The van der Waals surface area contributed by atoms with Crippen LogP contribution in [0.4, 0.5) is 0 Å². The number of hydrogen-bond acceptors (Lipinski definition) is 3. The van der Waals surface area contributed by atoms with Gasteiger partial charge >= 0.3 is 0 Å². The molecule has 1 rings (SSSR count). The number of unbranched alkanes of at least 4 members (excludes halogenated alkanes) is 1. The van der Waals surface area contributed by atoms with Crippen LogP contribution in [-0.4, -0.2) is 44.7 Å². The molecule has 0 spiro atoms. The van der Waals surface area contributed by atoms with Gasteiger partial charge in [0.2, 0.25) is 0 Å². The Morgan fingerprint density at radius 2 is 2.00 bits per heavy atom. The Morgan fingerprint density at radius 3 is 2.61 bits per heavy atom. The molecular weight excluding hydrogens is 290 g/mol. The van der Waals surface area contributed by atoms with Gasteiger partial charge < -0.3 is 19.7 Å². The second kappa shape index (κ2) is 10.8. The van der Waals surface area contributed by atoms with E-state index < -0.39 is 0 Å². The third-order valence-corrected chi connectivity index (χ3v) is 3.48. The van der Waals surface area contributed by atoms with E-state index in [4.69, 9.17) is 14.5 Å². The van der Waals surface area contributed by atoms with Crippen LogP contribution in [0.1, 0.15) is 39.2 Å². The lowest BCUT2D eigenvalue weighted by Crippen LogP contribution is -2.39. The highest BCUT2D eigenvalue weighted by molar-refractivity contribution is 5.79. The molecule has 0 fully saturated rings. The summed E-state index contributed by atoms with van der Waals surface area (Å²) in [5.41, 5.74) is 1.10. The molecule has 1 aromatic carbocycles.